The van der Waals surface area contributed by atoms with Gasteiger partial charge in [-0.1, -0.05) is 12.1 Å². The number of aromatic nitrogens is 1. The lowest BCUT2D eigenvalue weighted by molar-refractivity contribution is 0.350. The molecular weight excluding hydrogens is 260 g/mol. The first kappa shape index (κ1) is 13.8. The third-order valence-electron chi connectivity index (χ3n) is 2.84. The maximum atomic E-state index is 5.39. The zero-order chi connectivity index (χ0) is 13.5. The average molecular weight is 278 g/mol. The molecule has 5 heteroatoms. The molecule has 1 aromatic carbocycles. The van der Waals surface area contributed by atoms with Gasteiger partial charge in [0, 0.05) is 30.5 Å². The number of hydrogen-bond donors (Lipinski definition) is 1. The predicted molar refractivity (Wildman–Crippen MR) is 77.1 cm³/mol. The fourth-order valence-electron chi connectivity index (χ4n) is 1.89. The third kappa shape index (κ3) is 3.68. The summed E-state index contributed by atoms with van der Waals surface area (Å²) in [4.78, 5) is 4.26. The summed E-state index contributed by atoms with van der Waals surface area (Å²) in [5.74, 6) is 1.56. The van der Waals surface area contributed by atoms with E-state index < -0.39 is 0 Å². The largest absolute Gasteiger partial charge is 0.493 e. The SMILES string of the molecule is COc1cccc(CNCCc2cscn2)c1OC. The molecule has 0 atom stereocenters. The molecular formula is C14H18N2O2S. The summed E-state index contributed by atoms with van der Waals surface area (Å²) in [6.45, 7) is 1.65. The summed E-state index contributed by atoms with van der Waals surface area (Å²) < 4.78 is 10.7. The third-order valence-corrected chi connectivity index (χ3v) is 3.48. The van der Waals surface area contributed by atoms with Crippen molar-refractivity contribution in [3.63, 3.8) is 0 Å². The van der Waals surface area contributed by atoms with E-state index in [1.807, 2.05) is 23.7 Å². The Hall–Kier alpha value is -1.59. The molecule has 0 aliphatic heterocycles. The first-order valence-corrected chi connectivity index (χ1v) is 7.07. The molecule has 0 saturated carbocycles. The monoisotopic (exact) mass is 278 g/mol. The number of benzene rings is 1. The van der Waals surface area contributed by atoms with Crippen LogP contribution in [-0.2, 0) is 13.0 Å². The van der Waals surface area contributed by atoms with E-state index in [2.05, 4.69) is 15.7 Å². The molecule has 1 aromatic heterocycles. The Balaban J connectivity index is 1.88. The lowest BCUT2D eigenvalue weighted by atomic mass is 10.2. The molecule has 2 aromatic rings. The van der Waals surface area contributed by atoms with Crippen LogP contribution in [0.4, 0.5) is 0 Å². The summed E-state index contributed by atoms with van der Waals surface area (Å²) >= 11 is 1.63. The van der Waals surface area contributed by atoms with E-state index in [9.17, 15) is 0 Å². The van der Waals surface area contributed by atoms with Crippen molar-refractivity contribution < 1.29 is 9.47 Å². The van der Waals surface area contributed by atoms with E-state index in [1.165, 1.54) is 0 Å². The molecule has 0 aliphatic carbocycles. The minimum Gasteiger partial charge on any atom is -0.493 e. The molecule has 1 N–H and O–H groups in total. The Morgan fingerprint density at radius 1 is 1.26 bits per heavy atom. The fraction of sp³-hybridized carbons (Fsp3) is 0.357. The highest BCUT2D eigenvalue weighted by atomic mass is 32.1. The molecule has 0 bridgehead atoms. The van der Waals surface area contributed by atoms with E-state index in [-0.39, 0.29) is 0 Å². The van der Waals surface area contributed by atoms with E-state index in [0.717, 1.165) is 42.3 Å². The molecule has 0 radical (unpaired) electrons. The Morgan fingerprint density at radius 3 is 2.84 bits per heavy atom. The second kappa shape index (κ2) is 7.11. The summed E-state index contributed by atoms with van der Waals surface area (Å²) in [5.41, 5.74) is 4.09. The minimum absolute atomic E-state index is 0.754. The number of ether oxygens (including phenoxy) is 2. The van der Waals surface area contributed by atoms with Crippen molar-refractivity contribution in [3.8, 4) is 11.5 Å². The number of rotatable bonds is 7. The van der Waals surface area contributed by atoms with Crippen molar-refractivity contribution >= 4 is 11.3 Å². The molecule has 102 valence electrons. The van der Waals surface area contributed by atoms with Gasteiger partial charge in [-0.05, 0) is 6.07 Å². The van der Waals surface area contributed by atoms with Crippen molar-refractivity contribution in [3.05, 3.63) is 40.3 Å². The van der Waals surface area contributed by atoms with E-state index in [4.69, 9.17) is 9.47 Å². The van der Waals surface area contributed by atoms with Gasteiger partial charge in [-0.3, -0.25) is 0 Å². The molecule has 2 rings (SSSR count). The Bertz CT molecular complexity index is 500. The summed E-state index contributed by atoms with van der Waals surface area (Å²) in [6.07, 6.45) is 0.940. The molecule has 0 aliphatic rings. The molecule has 19 heavy (non-hydrogen) atoms. The Kier molecular flexibility index (Phi) is 5.18. The van der Waals surface area contributed by atoms with Gasteiger partial charge >= 0.3 is 0 Å². The number of thiazole rings is 1. The number of para-hydroxylation sites is 1. The van der Waals surface area contributed by atoms with Gasteiger partial charge in [0.1, 0.15) is 0 Å². The van der Waals surface area contributed by atoms with Crippen molar-refractivity contribution in [2.75, 3.05) is 20.8 Å². The number of nitrogens with one attached hydrogen (secondary N) is 1. The molecule has 0 amide bonds. The summed E-state index contributed by atoms with van der Waals surface area (Å²) in [6, 6.07) is 5.91. The normalized spacial score (nSPS) is 10.4. The lowest BCUT2D eigenvalue weighted by Gasteiger charge is -2.12. The van der Waals surface area contributed by atoms with Crippen LogP contribution in [0.1, 0.15) is 11.3 Å². The van der Waals surface area contributed by atoms with Gasteiger partial charge in [0.2, 0.25) is 0 Å². The highest BCUT2D eigenvalue weighted by molar-refractivity contribution is 7.07. The van der Waals surface area contributed by atoms with E-state index >= 15 is 0 Å². The highest BCUT2D eigenvalue weighted by Gasteiger charge is 2.08. The number of nitrogens with zero attached hydrogens (tertiary/aromatic N) is 1. The highest BCUT2D eigenvalue weighted by Crippen LogP contribution is 2.30. The second-order valence-corrected chi connectivity index (χ2v) is 4.78. The lowest BCUT2D eigenvalue weighted by Crippen LogP contribution is -2.17. The minimum atomic E-state index is 0.754. The number of methoxy groups -OCH3 is 2. The molecule has 0 saturated heterocycles. The van der Waals surface area contributed by atoms with Gasteiger partial charge in [0.05, 0.1) is 25.4 Å². The topological polar surface area (TPSA) is 43.4 Å². The van der Waals surface area contributed by atoms with Crippen molar-refractivity contribution in [2.24, 2.45) is 0 Å². The van der Waals surface area contributed by atoms with Crippen LogP contribution in [0.3, 0.4) is 0 Å². The smallest absolute Gasteiger partial charge is 0.165 e. The van der Waals surface area contributed by atoms with Crippen LogP contribution in [0, 0.1) is 0 Å². The van der Waals surface area contributed by atoms with Crippen LogP contribution in [0.2, 0.25) is 0 Å². The maximum Gasteiger partial charge on any atom is 0.165 e. The van der Waals surface area contributed by atoms with Crippen LogP contribution < -0.4 is 14.8 Å². The van der Waals surface area contributed by atoms with Gasteiger partial charge in [-0.15, -0.1) is 11.3 Å². The first-order valence-electron chi connectivity index (χ1n) is 6.12. The molecule has 4 nitrogen and oxygen atoms in total. The van der Waals surface area contributed by atoms with Crippen molar-refractivity contribution in [1.29, 1.82) is 0 Å². The van der Waals surface area contributed by atoms with E-state index in [0.29, 0.717) is 0 Å². The van der Waals surface area contributed by atoms with Gasteiger partial charge < -0.3 is 14.8 Å². The van der Waals surface area contributed by atoms with Crippen LogP contribution in [0.5, 0.6) is 11.5 Å². The molecule has 1 heterocycles. The molecule has 0 spiro atoms. The average Bonchev–Trinajstić information content (AvgIpc) is 2.96. The van der Waals surface area contributed by atoms with Gasteiger partial charge in [0.15, 0.2) is 11.5 Å². The van der Waals surface area contributed by atoms with Crippen molar-refractivity contribution in [1.82, 2.24) is 10.3 Å². The van der Waals surface area contributed by atoms with Crippen LogP contribution in [0.15, 0.2) is 29.1 Å². The molecule has 0 fully saturated rings. The van der Waals surface area contributed by atoms with Crippen LogP contribution >= 0.6 is 11.3 Å². The maximum absolute atomic E-state index is 5.39. The first-order chi connectivity index (χ1) is 9.35. The standard InChI is InChI=1S/C14H18N2O2S/c1-17-13-5-3-4-11(14(13)18-2)8-15-7-6-12-9-19-10-16-12/h3-5,9-10,15H,6-8H2,1-2H3. The fourth-order valence-corrected chi connectivity index (χ4v) is 2.49. The zero-order valence-electron chi connectivity index (χ0n) is 11.2. The van der Waals surface area contributed by atoms with Gasteiger partial charge in [-0.2, -0.15) is 0 Å². The Labute approximate surface area is 117 Å². The quantitative estimate of drug-likeness (QED) is 0.790. The van der Waals surface area contributed by atoms with Crippen LogP contribution in [0.25, 0.3) is 0 Å². The van der Waals surface area contributed by atoms with E-state index in [1.54, 1.807) is 25.6 Å². The summed E-state index contributed by atoms with van der Waals surface area (Å²) in [5, 5.41) is 5.47. The summed E-state index contributed by atoms with van der Waals surface area (Å²) in [7, 11) is 3.31. The Morgan fingerprint density at radius 2 is 2.16 bits per heavy atom. The van der Waals surface area contributed by atoms with Crippen LogP contribution in [-0.4, -0.2) is 25.7 Å². The molecule has 0 unspecified atom stereocenters. The van der Waals surface area contributed by atoms with Gasteiger partial charge in [0.25, 0.3) is 0 Å². The predicted octanol–water partition coefficient (Wildman–Crippen LogP) is 2.49. The zero-order valence-corrected chi connectivity index (χ0v) is 12.0. The van der Waals surface area contributed by atoms with Gasteiger partial charge in [-0.25, -0.2) is 4.98 Å². The van der Waals surface area contributed by atoms with Crippen molar-refractivity contribution in [2.45, 2.75) is 13.0 Å². The second-order valence-electron chi connectivity index (χ2n) is 4.06. The number of hydrogen-bond acceptors (Lipinski definition) is 5.